The van der Waals surface area contributed by atoms with Gasteiger partial charge in [-0.25, -0.2) is 13.2 Å². The zero-order valence-corrected chi connectivity index (χ0v) is 17.4. The molecule has 0 saturated carbocycles. The lowest BCUT2D eigenvalue weighted by atomic mass is 9.98. The predicted molar refractivity (Wildman–Crippen MR) is 114 cm³/mol. The van der Waals surface area contributed by atoms with Crippen molar-refractivity contribution in [3.63, 3.8) is 0 Å². The number of hydrogen-bond donors (Lipinski definition) is 2. The molecule has 2 N–H and O–H groups in total. The van der Waals surface area contributed by atoms with Crippen molar-refractivity contribution >= 4 is 21.7 Å². The Bertz CT molecular complexity index is 907. The predicted octanol–water partition coefficient (Wildman–Crippen LogP) is 5.46. The summed E-state index contributed by atoms with van der Waals surface area (Å²) in [7, 11) is -3.61. The average Bonchev–Trinajstić information content (AvgIpc) is 2.64. The van der Waals surface area contributed by atoms with E-state index in [1.54, 1.807) is 12.1 Å². The molecule has 0 aromatic heterocycles. The number of sulfonamides is 1. The van der Waals surface area contributed by atoms with Crippen molar-refractivity contribution < 1.29 is 18.3 Å². The maximum atomic E-state index is 12.5. The van der Waals surface area contributed by atoms with Gasteiger partial charge in [0.1, 0.15) is 0 Å². The summed E-state index contributed by atoms with van der Waals surface area (Å²) in [5.41, 5.74) is 2.81. The number of nitrogens with one attached hydrogen (secondary N) is 1. The minimum absolute atomic E-state index is 0.00717. The van der Waals surface area contributed by atoms with Gasteiger partial charge in [-0.15, -0.1) is 0 Å². The third-order valence-electron chi connectivity index (χ3n) is 4.74. The first-order chi connectivity index (χ1) is 13.3. The van der Waals surface area contributed by atoms with Crippen LogP contribution in [0.3, 0.4) is 0 Å². The number of benzene rings is 2. The van der Waals surface area contributed by atoms with Gasteiger partial charge in [0, 0.05) is 0 Å². The number of carboxylic acid groups (broad SMARTS) is 1. The van der Waals surface area contributed by atoms with Gasteiger partial charge >= 0.3 is 5.97 Å². The van der Waals surface area contributed by atoms with Crippen molar-refractivity contribution in [2.75, 3.05) is 10.5 Å². The number of aromatic carboxylic acids is 1. The quantitative estimate of drug-likeness (QED) is 0.488. The van der Waals surface area contributed by atoms with Crippen molar-refractivity contribution in [2.24, 2.45) is 0 Å². The Morgan fingerprint density at radius 2 is 1.68 bits per heavy atom. The van der Waals surface area contributed by atoms with Gasteiger partial charge in [-0.2, -0.15) is 0 Å². The summed E-state index contributed by atoms with van der Waals surface area (Å²) in [4.78, 5) is 11.5. The molecule has 2 rings (SSSR count). The molecule has 0 saturated heterocycles. The molecule has 0 unspecified atom stereocenters. The van der Waals surface area contributed by atoms with Crippen LogP contribution in [0.4, 0.5) is 5.69 Å². The second-order valence-electron chi connectivity index (χ2n) is 7.07. The van der Waals surface area contributed by atoms with Gasteiger partial charge in [0.2, 0.25) is 10.0 Å². The molecule has 152 valence electrons. The van der Waals surface area contributed by atoms with E-state index < -0.39 is 16.0 Å². The van der Waals surface area contributed by atoms with Crippen LogP contribution in [0.2, 0.25) is 0 Å². The number of aryl methyl sites for hydroxylation is 1. The van der Waals surface area contributed by atoms with Crippen molar-refractivity contribution in [2.45, 2.75) is 52.4 Å². The number of unbranched alkanes of at least 4 members (excludes halogenated alkanes) is 5. The number of carbonyl (C=O) groups is 1. The molecule has 0 radical (unpaired) electrons. The second-order valence-corrected chi connectivity index (χ2v) is 8.91. The van der Waals surface area contributed by atoms with Crippen molar-refractivity contribution in [3.05, 3.63) is 53.6 Å². The Kier molecular flexibility index (Phi) is 8.05. The first kappa shape index (κ1) is 22.0. The fraction of sp³-hybridized carbons (Fsp3) is 0.409. The lowest BCUT2D eigenvalue weighted by Crippen LogP contribution is -2.18. The molecule has 0 spiro atoms. The lowest BCUT2D eigenvalue weighted by molar-refractivity contribution is 0.0698. The van der Waals surface area contributed by atoms with Crippen molar-refractivity contribution in [1.29, 1.82) is 0 Å². The Balaban J connectivity index is 2.17. The topological polar surface area (TPSA) is 83.5 Å². The van der Waals surface area contributed by atoms with Gasteiger partial charge in [0.05, 0.1) is 17.0 Å². The fourth-order valence-corrected chi connectivity index (χ4v) is 4.36. The highest BCUT2D eigenvalue weighted by atomic mass is 32.2. The molecule has 0 bridgehead atoms. The highest BCUT2D eigenvalue weighted by molar-refractivity contribution is 7.92. The summed E-state index contributed by atoms with van der Waals surface area (Å²) in [6.45, 7) is 4.10. The van der Waals surface area contributed by atoms with Crippen LogP contribution in [0, 0.1) is 6.92 Å². The summed E-state index contributed by atoms with van der Waals surface area (Å²) in [5.74, 6) is -1.17. The van der Waals surface area contributed by atoms with Crippen LogP contribution >= 0.6 is 0 Å². The van der Waals surface area contributed by atoms with Gasteiger partial charge in [0.15, 0.2) is 0 Å². The van der Waals surface area contributed by atoms with Crippen molar-refractivity contribution in [3.8, 4) is 11.1 Å². The van der Waals surface area contributed by atoms with Gasteiger partial charge in [-0.05, 0) is 42.2 Å². The Morgan fingerprint density at radius 3 is 2.36 bits per heavy atom. The van der Waals surface area contributed by atoms with E-state index in [0.717, 1.165) is 42.4 Å². The van der Waals surface area contributed by atoms with E-state index in [0.29, 0.717) is 6.42 Å². The number of rotatable bonds is 11. The molecule has 0 heterocycles. The molecule has 0 atom stereocenters. The van der Waals surface area contributed by atoms with E-state index in [1.165, 1.54) is 12.5 Å². The molecular formula is C22H29NO4S. The summed E-state index contributed by atoms with van der Waals surface area (Å²) in [6, 6.07) is 12.5. The third kappa shape index (κ3) is 6.37. The van der Waals surface area contributed by atoms with Gasteiger partial charge in [-0.3, -0.25) is 4.72 Å². The molecule has 0 aliphatic rings. The summed E-state index contributed by atoms with van der Waals surface area (Å²) in [5, 5.41) is 9.44. The van der Waals surface area contributed by atoms with Crippen LogP contribution in [0.5, 0.6) is 0 Å². The zero-order chi connectivity index (χ0) is 20.6. The molecule has 5 nitrogen and oxygen atoms in total. The van der Waals surface area contributed by atoms with Crippen LogP contribution in [0.1, 0.15) is 61.4 Å². The van der Waals surface area contributed by atoms with E-state index in [2.05, 4.69) is 11.6 Å². The number of hydrogen-bond acceptors (Lipinski definition) is 3. The van der Waals surface area contributed by atoms with Crippen LogP contribution in [-0.4, -0.2) is 25.2 Å². The van der Waals surface area contributed by atoms with E-state index >= 15 is 0 Å². The van der Waals surface area contributed by atoms with Gasteiger partial charge in [0.25, 0.3) is 0 Å². The fourth-order valence-electron chi connectivity index (χ4n) is 3.17. The minimum atomic E-state index is -3.61. The van der Waals surface area contributed by atoms with E-state index in [1.807, 2.05) is 31.2 Å². The van der Waals surface area contributed by atoms with E-state index in [-0.39, 0.29) is 17.0 Å². The number of anilines is 1. The molecular weight excluding hydrogens is 374 g/mol. The minimum Gasteiger partial charge on any atom is -0.478 e. The third-order valence-corrected chi connectivity index (χ3v) is 6.10. The van der Waals surface area contributed by atoms with Crippen LogP contribution in [0.15, 0.2) is 42.5 Å². The summed E-state index contributed by atoms with van der Waals surface area (Å²) in [6.07, 6.45) is 5.88. The first-order valence-electron chi connectivity index (χ1n) is 9.78. The lowest BCUT2D eigenvalue weighted by Gasteiger charge is -2.13. The second kappa shape index (κ2) is 10.3. The Morgan fingerprint density at radius 1 is 1.00 bits per heavy atom. The van der Waals surface area contributed by atoms with Gasteiger partial charge in [-0.1, -0.05) is 69.4 Å². The largest absolute Gasteiger partial charge is 0.478 e. The van der Waals surface area contributed by atoms with Crippen LogP contribution in [0.25, 0.3) is 11.1 Å². The summed E-state index contributed by atoms with van der Waals surface area (Å²) < 4.78 is 27.4. The monoisotopic (exact) mass is 403 g/mol. The Labute approximate surface area is 167 Å². The highest BCUT2D eigenvalue weighted by Crippen LogP contribution is 2.29. The number of carboxylic acids is 1. The van der Waals surface area contributed by atoms with Crippen molar-refractivity contribution in [1.82, 2.24) is 0 Å². The normalized spacial score (nSPS) is 11.4. The molecule has 0 aliphatic heterocycles. The molecule has 0 aliphatic carbocycles. The highest BCUT2D eigenvalue weighted by Gasteiger charge is 2.17. The SMILES string of the molecule is CCCCCCCCS(=O)(=O)Nc1cc(-c2ccccc2C)ccc1C(=O)O. The maximum Gasteiger partial charge on any atom is 0.337 e. The maximum absolute atomic E-state index is 12.5. The molecule has 6 heteroatoms. The Hall–Kier alpha value is -2.34. The van der Waals surface area contributed by atoms with Crippen LogP contribution < -0.4 is 4.72 Å². The molecule has 28 heavy (non-hydrogen) atoms. The molecule has 2 aromatic carbocycles. The average molecular weight is 404 g/mol. The van der Waals surface area contributed by atoms with Crippen LogP contribution in [-0.2, 0) is 10.0 Å². The van der Waals surface area contributed by atoms with Gasteiger partial charge < -0.3 is 5.11 Å². The summed E-state index contributed by atoms with van der Waals surface area (Å²) >= 11 is 0. The molecule has 0 fully saturated rings. The van der Waals surface area contributed by atoms with E-state index in [4.69, 9.17) is 0 Å². The zero-order valence-electron chi connectivity index (χ0n) is 16.6. The molecule has 0 amide bonds. The standard InChI is InChI=1S/C22H29NO4S/c1-3-4-5-6-7-10-15-28(26,27)23-21-16-18(13-14-20(21)22(24)25)19-12-9-8-11-17(19)2/h8-9,11-14,16,23H,3-7,10,15H2,1-2H3,(H,24,25). The first-order valence-corrected chi connectivity index (χ1v) is 11.4. The molecule has 2 aromatic rings. The van der Waals surface area contributed by atoms with E-state index in [9.17, 15) is 18.3 Å². The smallest absolute Gasteiger partial charge is 0.337 e.